The molecule has 0 radical (unpaired) electrons. The Bertz CT molecular complexity index is 357. The van der Waals surface area contributed by atoms with Crippen molar-refractivity contribution < 1.29 is 13.2 Å². The Morgan fingerprint density at radius 2 is 1.95 bits per heavy atom. The molecule has 19 heavy (non-hydrogen) atoms. The number of carbonyl (C=O) groups is 1. The Kier molecular flexibility index (Phi) is 8.95. The van der Waals surface area contributed by atoms with E-state index in [-0.39, 0.29) is 5.91 Å². The molecule has 0 spiro atoms. The van der Waals surface area contributed by atoms with E-state index >= 15 is 0 Å². The summed E-state index contributed by atoms with van der Waals surface area (Å²) in [5.74, 6) is -0.157. The summed E-state index contributed by atoms with van der Waals surface area (Å²) in [4.78, 5) is 11.6. The van der Waals surface area contributed by atoms with Crippen molar-refractivity contribution >= 4 is 15.9 Å². The zero-order valence-electron chi connectivity index (χ0n) is 12.2. The maximum absolute atomic E-state index is 11.6. The maximum Gasteiger partial charge on any atom is 0.236 e. The minimum Gasteiger partial charge on any atom is -0.355 e. The van der Waals surface area contributed by atoms with E-state index in [1.54, 1.807) is 6.92 Å². The predicted octanol–water partition coefficient (Wildman–Crippen LogP) is 0.292. The number of amides is 1. The van der Waals surface area contributed by atoms with Gasteiger partial charge in [-0.1, -0.05) is 26.7 Å². The molecule has 0 rings (SSSR count). The molecule has 0 aromatic rings. The van der Waals surface area contributed by atoms with Gasteiger partial charge in [-0.25, -0.2) is 12.7 Å². The molecular formula is C12H27N3O3S. The van der Waals surface area contributed by atoms with Gasteiger partial charge in [0, 0.05) is 19.6 Å². The minimum atomic E-state index is -3.15. The quantitative estimate of drug-likeness (QED) is 0.566. The first kappa shape index (κ1) is 18.3. The molecule has 0 aliphatic carbocycles. The average Bonchev–Trinajstić information content (AvgIpc) is 2.33. The highest BCUT2D eigenvalue weighted by Gasteiger charge is 2.15. The Morgan fingerprint density at radius 3 is 2.42 bits per heavy atom. The van der Waals surface area contributed by atoms with Gasteiger partial charge in [-0.3, -0.25) is 4.79 Å². The Hall–Kier alpha value is -0.660. The van der Waals surface area contributed by atoms with Gasteiger partial charge in [0.2, 0.25) is 15.9 Å². The van der Waals surface area contributed by atoms with Gasteiger partial charge in [-0.2, -0.15) is 0 Å². The van der Waals surface area contributed by atoms with Crippen molar-refractivity contribution in [3.63, 3.8) is 0 Å². The van der Waals surface area contributed by atoms with Gasteiger partial charge in [-0.15, -0.1) is 0 Å². The van der Waals surface area contributed by atoms with Crippen molar-refractivity contribution in [3.05, 3.63) is 0 Å². The van der Waals surface area contributed by atoms with E-state index < -0.39 is 16.1 Å². The fraction of sp³-hybridized carbons (Fsp3) is 0.917. The molecule has 1 amide bonds. The van der Waals surface area contributed by atoms with Gasteiger partial charge in [0.1, 0.15) is 0 Å². The van der Waals surface area contributed by atoms with E-state index in [1.807, 2.05) is 0 Å². The van der Waals surface area contributed by atoms with Crippen LogP contribution in [0.15, 0.2) is 0 Å². The van der Waals surface area contributed by atoms with E-state index in [9.17, 15) is 13.2 Å². The molecule has 7 heteroatoms. The molecule has 0 saturated carbocycles. The highest BCUT2D eigenvalue weighted by molar-refractivity contribution is 7.88. The molecule has 3 N–H and O–H groups in total. The van der Waals surface area contributed by atoms with Crippen LogP contribution in [0.2, 0.25) is 0 Å². The summed E-state index contributed by atoms with van der Waals surface area (Å²) in [6.45, 7) is 5.16. The number of hydrogen-bond acceptors (Lipinski definition) is 4. The van der Waals surface area contributed by atoms with Crippen LogP contribution in [0, 0.1) is 0 Å². The number of rotatable bonds is 10. The zero-order chi connectivity index (χ0) is 14.9. The molecule has 0 bridgehead atoms. The van der Waals surface area contributed by atoms with Gasteiger partial charge in [-0.05, 0) is 12.8 Å². The Balaban J connectivity index is 3.88. The third kappa shape index (κ3) is 8.18. The van der Waals surface area contributed by atoms with Crippen LogP contribution in [-0.4, -0.2) is 50.6 Å². The van der Waals surface area contributed by atoms with Crippen molar-refractivity contribution in [3.8, 4) is 0 Å². The number of sulfonamides is 1. The normalized spacial score (nSPS) is 13.5. The molecular weight excluding hydrogens is 266 g/mol. The zero-order valence-corrected chi connectivity index (χ0v) is 13.0. The Labute approximate surface area is 116 Å². The average molecular weight is 293 g/mol. The number of hydrogen-bond donors (Lipinski definition) is 2. The van der Waals surface area contributed by atoms with Crippen LogP contribution in [0.4, 0.5) is 0 Å². The fourth-order valence-electron chi connectivity index (χ4n) is 1.71. The number of nitrogens with two attached hydrogens (primary N) is 1. The third-order valence-electron chi connectivity index (χ3n) is 2.91. The molecule has 0 fully saturated rings. The van der Waals surface area contributed by atoms with Crippen LogP contribution in [-0.2, 0) is 14.8 Å². The largest absolute Gasteiger partial charge is 0.355 e. The number of unbranched alkanes of at least 4 members (excludes halogenated alkanes) is 1. The molecule has 0 aliphatic rings. The summed E-state index contributed by atoms with van der Waals surface area (Å²) in [6, 6.07) is -0.461. The van der Waals surface area contributed by atoms with Crippen molar-refractivity contribution in [2.24, 2.45) is 5.73 Å². The van der Waals surface area contributed by atoms with Crippen LogP contribution >= 0.6 is 0 Å². The molecule has 0 aromatic carbocycles. The highest BCUT2D eigenvalue weighted by atomic mass is 32.2. The summed E-state index contributed by atoms with van der Waals surface area (Å²) < 4.78 is 24.1. The lowest BCUT2D eigenvalue weighted by atomic mass is 10.1. The summed E-state index contributed by atoms with van der Waals surface area (Å²) in [5, 5.41) is 2.74. The van der Waals surface area contributed by atoms with Gasteiger partial charge < -0.3 is 11.1 Å². The Morgan fingerprint density at radius 1 is 1.32 bits per heavy atom. The predicted molar refractivity (Wildman–Crippen MR) is 77.2 cm³/mol. The van der Waals surface area contributed by atoms with Crippen LogP contribution in [0.25, 0.3) is 0 Å². The first-order valence-electron chi connectivity index (χ1n) is 6.81. The van der Waals surface area contributed by atoms with Crippen LogP contribution in [0.3, 0.4) is 0 Å². The van der Waals surface area contributed by atoms with Crippen LogP contribution in [0.5, 0.6) is 0 Å². The van der Waals surface area contributed by atoms with Gasteiger partial charge >= 0.3 is 0 Å². The lowest BCUT2D eigenvalue weighted by molar-refractivity contribution is -0.122. The first-order valence-corrected chi connectivity index (χ1v) is 8.66. The van der Waals surface area contributed by atoms with Crippen LogP contribution in [0.1, 0.15) is 39.5 Å². The number of nitrogens with one attached hydrogen (secondary N) is 1. The second-order valence-corrected chi connectivity index (χ2v) is 6.63. The van der Waals surface area contributed by atoms with Gasteiger partial charge in [0.15, 0.2) is 0 Å². The summed E-state index contributed by atoms with van der Waals surface area (Å²) in [5.41, 5.74) is 5.72. The lowest BCUT2D eigenvalue weighted by Gasteiger charge is -2.18. The molecule has 0 saturated heterocycles. The fourth-order valence-corrected chi connectivity index (χ4v) is 2.64. The molecule has 0 aliphatic heterocycles. The summed E-state index contributed by atoms with van der Waals surface area (Å²) >= 11 is 0. The van der Waals surface area contributed by atoms with Crippen molar-refractivity contribution in [1.82, 2.24) is 9.62 Å². The van der Waals surface area contributed by atoms with E-state index in [0.717, 1.165) is 12.8 Å². The summed E-state index contributed by atoms with van der Waals surface area (Å²) in [6.07, 6.45) is 4.42. The molecule has 1 unspecified atom stereocenters. The van der Waals surface area contributed by atoms with Gasteiger partial charge in [0.05, 0.1) is 12.3 Å². The summed E-state index contributed by atoms with van der Waals surface area (Å²) in [7, 11) is -3.15. The molecule has 0 aromatic heterocycles. The van der Waals surface area contributed by atoms with Crippen molar-refractivity contribution in [1.29, 1.82) is 0 Å². The standard InChI is InChI=1S/C12H27N3O3S/c1-4-6-8-11(13)12(16)14-9-7-10-15(5-2)19(3,17)18/h11H,4-10,13H2,1-3H3,(H,14,16). The van der Waals surface area contributed by atoms with Crippen molar-refractivity contribution in [2.75, 3.05) is 25.9 Å². The second kappa shape index (κ2) is 9.28. The molecule has 6 nitrogen and oxygen atoms in total. The third-order valence-corrected chi connectivity index (χ3v) is 4.29. The van der Waals surface area contributed by atoms with E-state index in [4.69, 9.17) is 5.73 Å². The number of nitrogens with zero attached hydrogens (tertiary/aromatic N) is 1. The van der Waals surface area contributed by atoms with Crippen LogP contribution < -0.4 is 11.1 Å². The molecule has 114 valence electrons. The molecule has 1 atom stereocenters. The number of carbonyl (C=O) groups excluding carboxylic acids is 1. The minimum absolute atomic E-state index is 0.157. The lowest BCUT2D eigenvalue weighted by Crippen LogP contribution is -2.41. The first-order chi connectivity index (χ1) is 8.82. The topological polar surface area (TPSA) is 92.5 Å². The molecule has 0 heterocycles. The van der Waals surface area contributed by atoms with Crippen molar-refractivity contribution in [2.45, 2.75) is 45.6 Å². The second-order valence-electron chi connectivity index (χ2n) is 4.65. The smallest absolute Gasteiger partial charge is 0.236 e. The maximum atomic E-state index is 11.6. The van der Waals surface area contributed by atoms with E-state index in [1.165, 1.54) is 10.6 Å². The highest BCUT2D eigenvalue weighted by Crippen LogP contribution is 2.00. The SMILES string of the molecule is CCCCC(N)C(=O)NCCCN(CC)S(C)(=O)=O. The van der Waals surface area contributed by atoms with E-state index in [0.29, 0.717) is 32.5 Å². The van der Waals surface area contributed by atoms with Gasteiger partial charge in [0.25, 0.3) is 0 Å². The van der Waals surface area contributed by atoms with E-state index in [2.05, 4.69) is 12.2 Å². The monoisotopic (exact) mass is 293 g/mol.